The van der Waals surface area contributed by atoms with Crippen molar-refractivity contribution in [3.05, 3.63) is 23.5 Å². The van der Waals surface area contributed by atoms with Crippen molar-refractivity contribution in [2.24, 2.45) is 17.6 Å². The van der Waals surface area contributed by atoms with Crippen LogP contribution in [0.15, 0.2) is 23.5 Å². The number of nitrogens with zero attached hydrogens (tertiary/aromatic N) is 1. The monoisotopic (exact) mass is 207 g/mol. The Morgan fingerprint density at radius 3 is 3.13 bits per heavy atom. The maximum Gasteiger partial charge on any atom is 0.0291 e. The number of likely N-dealkylation sites (tertiary alicyclic amines) is 1. The Bertz CT molecular complexity index is 293. The van der Waals surface area contributed by atoms with E-state index in [4.69, 9.17) is 5.73 Å². The Balaban J connectivity index is 2.08. The van der Waals surface area contributed by atoms with Gasteiger partial charge in [-0.1, -0.05) is 6.08 Å². The zero-order valence-electron chi connectivity index (χ0n) is 9.66. The van der Waals surface area contributed by atoms with Gasteiger partial charge in [0.15, 0.2) is 0 Å². The molecule has 3 N–H and O–H groups in total. The number of nitrogens with one attached hydrogen (secondary N) is 1. The SMILES string of the molecule is CNCC1CC2CC=C(N)C=C2N(C)C1. The van der Waals surface area contributed by atoms with Crippen LogP contribution in [0.5, 0.6) is 0 Å². The molecule has 0 spiro atoms. The molecule has 1 saturated heterocycles. The van der Waals surface area contributed by atoms with Gasteiger partial charge in [0.2, 0.25) is 0 Å². The molecule has 1 fully saturated rings. The van der Waals surface area contributed by atoms with Crippen LogP contribution in [0.25, 0.3) is 0 Å². The summed E-state index contributed by atoms with van der Waals surface area (Å²) >= 11 is 0. The Labute approximate surface area is 92.0 Å². The lowest BCUT2D eigenvalue weighted by Crippen LogP contribution is -2.40. The van der Waals surface area contributed by atoms with Gasteiger partial charge in [0.1, 0.15) is 0 Å². The van der Waals surface area contributed by atoms with Gasteiger partial charge >= 0.3 is 0 Å². The smallest absolute Gasteiger partial charge is 0.0291 e. The summed E-state index contributed by atoms with van der Waals surface area (Å²) < 4.78 is 0. The maximum atomic E-state index is 5.84. The molecule has 0 aromatic carbocycles. The lowest BCUT2D eigenvalue weighted by atomic mass is 9.82. The van der Waals surface area contributed by atoms with Crippen molar-refractivity contribution in [3.8, 4) is 0 Å². The predicted octanol–water partition coefficient (Wildman–Crippen LogP) is 0.904. The molecular weight excluding hydrogens is 186 g/mol. The van der Waals surface area contributed by atoms with Gasteiger partial charge < -0.3 is 16.0 Å². The van der Waals surface area contributed by atoms with Gasteiger partial charge in [0, 0.05) is 30.9 Å². The van der Waals surface area contributed by atoms with Crippen molar-refractivity contribution >= 4 is 0 Å². The number of hydrogen-bond donors (Lipinski definition) is 2. The van der Waals surface area contributed by atoms with Crippen molar-refractivity contribution in [2.45, 2.75) is 12.8 Å². The predicted molar refractivity (Wildman–Crippen MR) is 63.1 cm³/mol. The van der Waals surface area contributed by atoms with Gasteiger partial charge in [-0.25, -0.2) is 0 Å². The van der Waals surface area contributed by atoms with Crippen molar-refractivity contribution in [1.82, 2.24) is 10.2 Å². The molecule has 2 unspecified atom stereocenters. The summed E-state index contributed by atoms with van der Waals surface area (Å²) in [6, 6.07) is 0. The van der Waals surface area contributed by atoms with Crippen LogP contribution in [-0.2, 0) is 0 Å². The summed E-state index contributed by atoms with van der Waals surface area (Å²) in [5, 5.41) is 3.28. The molecule has 2 aliphatic rings. The normalized spacial score (nSPS) is 30.7. The molecule has 1 aliphatic carbocycles. The second-order valence-corrected chi connectivity index (χ2v) is 4.75. The second kappa shape index (κ2) is 4.27. The molecule has 0 aromatic rings. The van der Waals surface area contributed by atoms with E-state index < -0.39 is 0 Å². The van der Waals surface area contributed by atoms with E-state index >= 15 is 0 Å². The maximum absolute atomic E-state index is 5.84. The zero-order chi connectivity index (χ0) is 10.8. The van der Waals surface area contributed by atoms with E-state index in [1.807, 2.05) is 7.05 Å². The summed E-state index contributed by atoms with van der Waals surface area (Å²) in [6.45, 7) is 2.27. The molecule has 0 bridgehead atoms. The lowest BCUT2D eigenvalue weighted by Gasteiger charge is -2.40. The van der Waals surface area contributed by atoms with Crippen molar-refractivity contribution < 1.29 is 0 Å². The molecule has 1 heterocycles. The van der Waals surface area contributed by atoms with Crippen LogP contribution in [0.4, 0.5) is 0 Å². The van der Waals surface area contributed by atoms with Gasteiger partial charge in [-0.2, -0.15) is 0 Å². The summed E-state index contributed by atoms with van der Waals surface area (Å²) in [6.07, 6.45) is 6.70. The number of piperidine rings is 1. The van der Waals surface area contributed by atoms with E-state index in [0.29, 0.717) is 5.92 Å². The van der Waals surface area contributed by atoms with Gasteiger partial charge in [-0.05, 0) is 38.4 Å². The Hall–Kier alpha value is -0.960. The average molecular weight is 207 g/mol. The number of nitrogens with two attached hydrogens (primary N) is 1. The minimum atomic E-state index is 0.689. The molecule has 84 valence electrons. The average Bonchev–Trinajstić information content (AvgIpc) is 2.20. The second-order valence-electron chi connectivity index (χ2n) is 4.75. The Kier molecular flexibility index (Phi) is 3.00. The van der Waals surface area contributed by atoms with E-state index in [1.54, 1.807) is 0 Å². The van der Waals surface area contributed by atoms with Crippen molar-refractivity contribution in [1.29, 1.82) is 0 Å². The highest BCUT2D eigenvalue weighted by molar-refractivity contribution is 5.28. The van der Waals surface area contributed by atoms with Crippen molar-refractivity contribution in [2.75, 3.05) is 27.2 Å². The molecule has 3 heteroatoms. The molecule has 3 nitrogen and oxygen atoms in total. The van der Waals surface area contributed by atoms with Gasteiger partial charge in [0.25, 0.3) is 0 Å². The summed E-state index contributed by atoms with van der Waals surface area (Å²) in [4.78, 5) is 2.37. The van der Waals surface area contributed by atoms with Crippen LogP contribution in [0.3, 0.4) is 0 Å². The summed E-state index contributed by atoms with van der Waals surface area (Å²) in [5.41, 5.74) is 8.21. The summed E-state index contributed by atoms with van der Waals surface area (Å²) in [5.74, 6) is 1.46. The first-order chi connectivity index (χ1) is 7.20. The Morgan fingerprint density at radius 2 is 2.40 bits per heavy atom. The van der Waals surface area contributed by atoms with Gasteiger partial charge in [-0.15, -0.1) is 0 Å². The third-order valence-electron chi connectivity index (χ3n) is 3.45. The van der Waals surface area contributed by atoms with E-state index in [1.165, 1.54) is 12.1 Å². The van der Waals surface area contributed by atoms with E-state index in [2.05, 4.69) is 29.4 Å². The van der Waals surface area contributed by atoms with Crippen molar-refractivity contribution in [3.63, 3.8) is 0 Å². The van der Waals surface area contributed by atoms with Crippen LogP contribution < -0.4 is 11.1 Å². The Morgan fingerprint density at radius 1 is 1.60 bits per heavy atom. The molecule has 2 rings (SSSR count). The quantitative estimate of drug-likeness (QED) is 0.707. The molecule has 15 heavy (non-hydrogen) atoms. The first-order valence-electron chi connectivity index (χ1n) is 5.73. The topological polar surface area (TPSA) is 41.3 Å². The highest BCUT2D eigenvalue weighted by Gasteiger charge is 2.29. The minimum Gasteiger partial charge on any atom is -0.399 e. The number of fused-ring (bicyclic) bond motifs is 1. The molecule has 0 amide bonds. The molecule has 1 aliphatic heterocycles. The van der Waals surface area contributed by atoms with E-state index in [9.17, 15) is 0 Å². The lowest BCUT2D eigenvalue weighted by molar-refractivity contribution is 0.206. The molecule has 0 radical (unpaired) electrons. The molecule has 0 saturated carbocycles. The van der Waals surface area contributed by atoms with Crippen LogP contribution >= 0.6 is 0 Å². The standard InChI is InChI=1S/C12H21N3/c1-14-7-9-5-10-3-4-11(13)6-12(10)15(2)8-9/h4,6,9-10,14H,3,5,7-8,13H2,1-2H3. The van der Waals surface area contributed by atoms with Crippen LogP contribution in [0, 0.1) is 11.8 Å². The first-order valence-corrected chi connectivity index (χ1v) is 5.73. The molecule has 0 aromatic heterocycles. The third kappa shape index (κ3) is 2.17. The van der Waals surface area contributed by atoms with Gasteiger partial charge in [0.05, 0.1) is 0 Å². The van der Waals surface area contributed by atoms with Crippen LogP contribution in [0.2, 0.25) is 0 Å². The van der Waals surface area contributed by atoms with E-state index in [0.717, 1.165) is 31.1 Å². The minimum absolute atomic E-state index is 0.689. The van der Waals surface area contributed by atoms with Crippen LogP contribution in [-0.4, -0.2) is 32.1 Å². The molecular formula is C12H21N3. The zero-order valence-corrected chi connectivity index (χ0v) is 9.66. The number of allylic oxidation sites excluding steroid dienone is 3. The highest BCUT2D eigenvalue weighted by Crippen LogP contribution is 2.34. The fourth-order valence-corrected chi connectivity index (χ4v) is 2.79. The third-order valence-corrected chi connectivity index (χ3v) is 3.45. The summed E-state index contributed by atoms with van der Waals surface area (Å²) in [7, 11) is 4.21. The number of hydrogen-bond acceptors (Lipinski definition) is 3. The largest absolute Gasteiger partial charge is 0.399 e. The first kappa shape index (κ1) is 10.6. The highest BCUT2D eigenvalue weighted by atomic mass is 15.1. The fourth-order valence-electron chi connectivity index (χ4n) is 2.79. The molecule has 2 atom stereocenters. The van der Waals surface area contributed by atoms with Crippen LogP contribution in [0.1, 0.15) is 12.8 Å². The van der Waals surface area contributed by atoms with E-state index in [-0.39, 0.29) is 0 Å². The fraction of sp³-hybridized carbons (Fsp3) is 0.667. The number of rotatable bonds is 2. The van der Waals surface area contributed by atoms with Gasteiger partial charge in [-0.3, -0.25) is 0 Å².